The van der Waals surface area contributed by atoms with Crippen molar-refractivity contribution in [1.29, 1.82) is 0 Å². The summed E-state index contributed by atoms with van der Waals surface area (Å²) in [6.45, 7) is 4.08. The van der Waals surface area contributed by atoms with Crippen molar-refractivity contribution in [2.24, 2.45) is 5.92 Å². The number of rotatable bonds is 6. The highest BCUT2D eigenvalue weighted by atomic mass is 19.1. The first-order valence-corrected chi connectivity index (χ1v) is 11.0. The van der Waals surface area contributed by atoms with Gasteiger partial charge in [-0.2, -0.15) is 0 Å². The van der Waals surface area contributed by atoms with Gasteiger partial charge in [-0.05, 0) is 54.2 Å². The summed E-state index contributed by atoms with van der Waals surface area (Å²) >= 11 is 0. The number of anilines is 1. The molecule has 0 aromatic heterocycles. The van der Waals surface area contributed by atoms with Crippen LogP contribution in [0.15, 0.2) is 72.8 Å². The SMILES string of the molecule is COc1cccc(NC(=O)C2CC(c3ccc(F)c(C)c3)CN(Cc3ccccc3)C2)c1. The second-order valence-electron chi connectivity index (χ2n) is 8.54. The molecule has 0 saturated carbocycles. The molecule has 0 bridgehead atoms. The van der Waals surface area contributed by atoms with Gasteiger partial charge in [0.15, 0.2) is 0 Å². The lowest BCUT2D eigenvalue weighted by Crippen LogP contribution is -2.43. The number of ether oxygens (including phenoxy) is 1. The molecule has 0 radical (unpaired) electrons. The Morgan fingerprint density at radius 3 is 2.62 bits per heavy atom. The van der Waals surface area contributed by atoms with Gasteiger partial charge in [-0.1, -0.05) is 48.5 Å². The summed E-state index contributed by atoms with van der Waals surface area (Å²) < 4.78 is 19.1. The van der Waals surface area contributed by atoms with Crippen molar-refractivity contribution in [1.82, 2.24) is 4.90 Å². The molecule has 2 unspecified atom stereocenters. The average molecular weight is 433 g/mol. The van der Waals surface area contributed by atoms with Gasteiger partial charge in [0.2, 0.25) is 5.91 Å². The first-order chi connectivity index (χ1) is 15.5. The van der Waals surface area contributed by atoms with Gasteiger partial charge in [-0.15, -0.1) is 0 Å². The zero-order valence-electron chi connectivity index (χ0n) is 18.6. The van der Waals surface area contributed by atoms with Crippen LogP contribution in [0, 0.1) is 18.7 Å². The second-order valence-corrected chi connectivity index (χ2v) is 8.54. The van der Waals surface area contributed by atoms with Crippen LogP contribution >= 0.6 is 0 Å². The van der Waals surface area contributed by atoms with E-state index >= 15 is 0 Å². The number of hydrogen-bond acceptors (Lipinski definition) is 3. The molecule has 0 spiro atoms. The Kier molecular flexibility index (Phi) is 6.86. The van der Waals surface area contributed by atoms with E-state index in [4.69, 9.17) is 4.74 Å². The molecule has 1 amide bonds. The highest BCUT2D eigenvalue weighted by Gasteiger charge is 2.32. The zero-order chi connectivity index (χ0) is 22.5. The fraction of sp³-hybridized carbons (Fsp3) is 0.296. The van der Waals surface area contributed by atoms with Crippen LogP contribution in [0.4, 0.5) is 10.1 Å². The van der Waals surface area contributed by atoms with Crippen LogP contribution in [0.1, 0.15) is 29.0 Å². The largest absolute Gasteiger partial charge is 0.497 e. The molecule has 3 aromatic carbocycles. The van der Waals surface area contributed by atoms with Gasteiger partial charge in [-0.3, -0.25) is 9.69 Å². The minimum atomic E-state index is -0.196. The number of amides is 1. The predicted molar refractivity (Wildman–Crippen MR) is 125 cm³/mol. The van der Waals surface area contributed by atoms with Gasteiger partial charge in [0.25, 0.3) is 0 Å². The summed E-state index contributed by atoms with van der Waals surface area (Å²) in [7, 11) is 1.61. The van der Waals surface area contributed by atoms with Crippen LogP contribution in [0.5, 0.6) is 5.75 Å². The molecule has 166 valence electrons. The van der Waals surface area contributed by atoms with Gasteiger partial charge >= 0.3 is 0 Å². The lowest BCUT2D eigenvalue weighted by atomic mass is 9.83. The van der Waals surface area contributed by atoms with Gasteiger partial charge in [0.1, 0.15) is 11.6 Å². The standard InChI is InChI=1S/C27H29FN2O2/c1-19-13-21(11-12-26(19)28)22-14-23(18-30(17-22)16-20-7-4-3-5-8-20)27(31)29-24-9-6-10-25(15-24)32-2/h3-13,15,22-23H,14,16-18H2,1-2H3,(H,29,31). The van der Waals surface area contributed by atoms with E-state index in [9.17, 15) is 9.18 Å². The third kappa shape index (κ3) is 5.35. The Balaban J connectivity index is 1.55. The van der Waals surface area contributed by atoms with Gasteiger partial charge in [-0.25, -0.2) is 4.39 Å². The van der Waals surface area contributed by atoms with Crippen LogP contribution in [0.3, 0.4) is 0 Å². The molecular formula is C27H29FN2O2. The van der Waals surface area contributed by atoms with Crippen molar-refractivity contribution in [3.05, 3.63) is 95.3 Å². The van der Waals surface area contributed by atoms with Crippen molar-refractivity contribution >= 4 is 11.6 Å². The maximum atomic E-state index is 13.9. The van der Waals surface area contributed by atoms with Gasteiger partial charge in [0.05, 0.1) is 13.0 Å². The minimum absolute atomic E-state index is 0.000140. The van der Waals surface area contributed by atoms with E-state index in [-0.39, 0.29) is 23.6 Å². The van der Waals surface area contributed by atoms with Crippen LogP contribution in [0.25, 0.3) is 0 Å². The molecule has 3 aromatic rings. The lowest BCUT2D eigenvalue weighted by Gasteiger charge is -2.37. The molecule has 5 heteroatoms. The summed E-state index contributed by atoms with van der Waals surface area (Å²) in [5.41, 5.74) is 3.67. The fourth-order valence-corrected chi connectivity index (χ4v) is 4.46. The molecule has 4 rings (SSSR count). The van der Waals surface area contributed by atoms with E-state index < -0.39 is 0 Å². The number of nitrogens with zero attached hydrogens (tertiary/aromatic N) is 1. The number of aryl methyl sites for hydroxylation is 1. The van der Waals surface area contributed by atoms with Crippen LogP contribution in [0.2, 0.25) is 0 Å². The maximum Gasteiger partial charge on any atom is 0.228 e. The summed E-state index contributed by atoms with van der Waals surface area (Å²) in [4.78, 5) is 15.6. The van der Waals surface area contributed by atoms with E-state index in [0.29, 0.717) is 17.9 Å². The van der Waals surface area contributed by atoms with E-state index in [1.807, 2.05) is 54.6 Å². The highest BCUT2D eigenvalue weighted by Crippen LogP contribution is 2.33. The quantitative estimate of drug-likeness (QED) is 0.568. The van der Waals surface area contributed by atoms with Gasteiger partial charge in [0, 0.05) is 31.4 Å². The van der Waals surface area contributed by atoms with Crippen LogP contribution in [-0.4, -0.2) is 31.0 Å². The summed E-state index contributed by atoms with van der Waals surface area (Å²) in [6, 6.07) is 23.0. The molecule has 4 nitrogen and oxygen atoms in total. The van der Waals surface area contributed by atoms with E-state index in [1.54, 1.807) is 14.0 Å². The third-order valence-corrected chi connectivity index (χ3v) is 6.14. The number of carbonyl (C=O) groups excluding carboxylic acids is 1. The molecule has 1 saturated heterocycles. The van der Waals surface area contributed by atoms with E-state index in [1.165, 1.54) is 11.6 Å². The van der Waals surface area contributed by atoms with Crippen molar-refractivity contribution in [2.45, 2.75) is 25.8 Å². The molecule has 1 aliphatic heterocycles. The molecule has 1 fully saturated rings. The number of halogens is 1. The second kappa shape index (κ2) is 9.96. The van der Waals surface area contributed by atoms with E-state index in [0.717, 1.165) is 30.8 Å². The Hall–Kier alpha value is -3.18. The maximum absolute atomic E-state index is 13.9. The first kappa shape index (κ1) is 22.0. The van der Waals surface area contributed by atoms with Crippen molar-refractivity contribution in [2.75, 3.05) is 25.5 Å². The molecule has 2 atom stereocenters. The molecule has 1 N–H and O–H groups in total. The molecule has 32 heavy (non-hydrogen) atoms. The monoisotopic (exact) mass is 432 g/mol. The smallest absolute Gasteiger partial charge is 0.228 e. The Bertz CT molecular complexity index is 1070. The number of carbonyl (C=O) groups is 1. The van der Waals surface area contributed by atoms with Crippen LogP contribution < -0.4 is 10.1 Å². The summed E-state index contributed by atoms with van der Waals surface area (Å²) in [5.74, 6) is 0.497. The molecule has 0 aliphatic carbocycles. The summed E-state index contributed by atoms with van der Waals surface area (Å²) in [5, 5.41) is 3.06. The number of methoxy groups -OCH3 is 1. The Morgan fingerprint density at radius 2 is 1.88 bits per heavy atom. The zero-order valence-corrected chi connectivity index (χ0v) is 18.6. The number of likely N-dealkylation sites (tertiary alicyclic amines) is 1. The number of hydrogen-bond donors (Lipinski definition) is 1. The lowest BCUT2D eigenvalue weighted by molar-refractivity contribution is -0.121. The minimum Gasteiger partial charge on any atom is -0.497 e. The normalized spacial score (nSPS) is 18.8. The topological polar surface area (TPSA) is 41.6 Å². The highest BCUT2D eigenvalue weighted by molar-refractivity contribution is 5.93. The van der Waals surface area contributed by atoms with Crippen molar-refractivity contribution in [3.63, 3.8) is 0 Å². The van der Waals surface area contributed by atoms with E-state index in [2.05, 4.69) is 22.3 Å². The Morgan fingerprint density at radius 1 is 1.06 bits per heavy atom. The first-order valence-electron chi connectivity index (χ1n) is 11.0. The van der Waals surface area contributed by atoms with Crippen LogP contribution in [-0.2, 0) is 11.3 Å². The predicted octanol–water partition coefficient (Wildman–Crippen LogP) is 5.39. The van der Waals surface area contributed by atoms with Gasteiger partial charge < -0.3 is 10.1 Å². The number of piperidine rings is 1. The number of nitrogens with one attached hydrogen (secondary N) is 1. The molecule has 1 heterocycles. The fourth-order valence-electron chi connectivity index (χ4n) is 4.46. The molecular weight excluding hydrogens is 403 g/mol. The Labute approximate surface area is 189 Å². The average Bonchev–Trinajstić information content (AvgIpc) is 2.81. The molecule has 1 aliphatic rings. The summed E-state index contributed by atoms with van der Waals surface area (Å²) in [6.07, 6.45) is 0.728. The number of benzene rings is 3. The third-order valence-electron chi connectivity index (χ3n) is 6.14. The van der Waals surface area contributed by atoms with Crippen molar-refractivity contribution in [3.8, 4) is 5.75 Å². The van der Waals surface area contributed by atoms with Crippen molar-refractivity contribution < 1.29 is 13.9 Å².